The molecule has 0 unspecified atom stereocenters. The molecule has 1 aliphatic heterocycles. The van der Waals surface area contributed by atoms with Crippen LogP contribution < -0.4 is 5.32 Å². The summed E-state index contributed by atoms with van der Waals surface area (Å²) in [6.45, 7) is -0.679. The normalized spacial score (nSPS) is 15.6. The number of carboxylic acid groups (broad SMARTS) is 1. The molecule has 0 aliphatic carbocycles. The van der Waals surface area contributed by atoms with Crippen LogP contribution in [-0.2, 0) is 26.7 Å². The zero-order valence-electron chi connectivity index (χ0n) is 17.7. The molecule has 0 atom stereocenters. The predicted octanol–water partition coefficient (Wildman–Crippen LogP) is 5.24. The number of carbonyl (C=O) groups is 3. The quantitative estimate of drug-likeness (QED) is 0.270. The number of hydrogen-bond donors (Lipinski definition) is 2. The number of hydrogen-bond acceptors (Lipinski definition) is 6. The summed E-state index contributed by atoms with van der Waals surface area (Å²) in [6.07, 6.45) is -8.76. The Morgan fingerprint density at radius 3 is 2.19 bits per heavy atom. The lowest BCUT2D eigenvalue weighted by molar-refractivity contribution is -0.143. The fourth-order valence-corrected chi connectivity index (χ4v) is 5.22. The van der Waals surface area contributed by atoms with Crippen molar-refractivity contribution in [1.82, 2.24) is 10.2 Å². The maximum absolute atomic E-state index is 13.2. The van der Waals surface area contributed by atoms with Crippen molar-refractivity contribution in [2.45, 2.75) is 18.8 Å². The van der Waals surface area contributed by atoms with Gasteiger partial charge in [0.05, 0.1) is 16.0 Å². The third kappa shape index (κ3) is 6.85. The van der Waals surface area contributed by atoms with Crippen LogP contribution in [0.4, 0.5) is 26.3 Å². The smallest absolute Gasteiger partial charge is 0.416 e. The molecule has 36 heavy (non-hydrogen) atoms. The number of carbonyl (C=O) groups excluding carboxylic acids is 2. The molecule has 1 aliphatic rings. The molecule has 6 nitrogen and oxygen atoms in total. The molecule has 1 fully saturated rings. The van der Waals surface area contributed by atoms with Crippen LogP contribution in [0.5, 0.6) is 0 Å². The zero-order valence-corrected chi connectivity index (χ0v) is 20.1. The number of halogens is 6. The summed E-state index contributed by atoms with van der Waals surface area (Å²) < 4.78 is 79.1. The molecule has 0 radical (unpaired) electrons. The molecule has 15 heteroatoms. The van der Waals surface area contributed by atoms with Gasteiger partial charge in [-0.05, 0) is 46.8 Å². The average molecular weight is 569 g/mol. The van der Waals surface area contributed by atoms with Crippen molar-refractivity contribution in [3.05, 3.63) is 50.6 Å². The Morgan fingerprint density at radius 2 is 1.64 bits per heavy atom. The molecule has 0 saturated carbocycles. The number of thiophene rings is 1. The van der Waals surface area contributed by atoms with Gasteiger partial charge in [0.25, 0.3) is 5.91 Å². The van der Waals surface area contributed by atoms with E-state index in [0.29, 0.717) is 17.0 Å². The summed E-state index contributed by atoms with van der Waals surface area (Å²) in [6, 6.07) is 2.64. The molecule has 0 bridgehead atoms. The fraction of sp³-hybridized carbons (Fsp3) is 0.238. The van der Waals surface area contributed by atoms with Crippen LogP contribution in [0.3, 0.4) is 0 Å². The largest absolute Gasteiger partial charge is 0.480 e. The number of thioether (sulfide) groups is 1. The fourth-order valence-electron chi connectivity index (χ4n) is 3.00. The molecular weight excluding hydrogens is 554 g/mol. The summed E-state index contributed by atoms with van der Waals surface area (Å²) in [5.74, 6) is -2.37. The number of rotatable bonds is 7. The number of aliphatic carboxylic acids is 1. The first-order chi connectivity index (χ1) is 16.6. The van der Waals surface area contributed by atoms with Crippen molar-refractivity contribution in [2.75, 3.05) is 13.1 Å². The van der Waals surface area contributed by atoms with Gasteiger partial charge in [-0.1, -0.05) is 24.0 Å². The summed E-state index contributed by atoms with van der Waals surface area (Å²) in [5, 5.41) is 12.1. The summed E-state index contributed by atoms with van der Waals surface area (Å²) in [5.41, 5.74) is -3.05. The van der Waals surface area contributed by atoms with Gasteiger partial charge in [0.2, 0.25) is 5.91 Å². The minimum absolute atomic E-state index is 0.0457. The monoisotopic (exact) mass is 568 g/mol. The van der Waals surface area contributed by atoms with Crippen LogP contribution in [-0.4, -0.2) is 45.2 Å². The van der Waals surface area contributed by atoms with Crippen molar-refractivity contribution < 1.29 is 45.8 Å². The SMILES string of the molecule is O=C(O)CNC(=O)CCN1C(=O)/C(=C/c2cc(-c3cc(C(F)(F)F)cc(C(F)(F)F)c3)cs2)SC1=S. The molecule has 1 aromatic heterocycles. The first-order valence-corrected chi connectivity index (χ1v) is 11.9. The van der Waals surface area contributed by atoms with Gasteiger partial charge in [-0.3, -0.25) is 19.3 Å². The van der Waals surface area contributed by atoms with Crippen molar-refractivity contribution in [3.63, 3.8) is 0 Å². The molecule has 0 spiro atoms. The maximum atomic E-state index is 13.2. The lowest BCUT2D eigenvalue weighted by Crippen LogP contribution is -2.35. The van der Waals surface area contributed by atoms with E-state index >= 15 is 0 Å². The highest BCUT2D eigenvalue weighted by molar-refractivity contribution is 8.26. The van der Waals surface area contributed by atoms with E-state index in [1.807, 2.05) is 0 Å². The highest BCUT2D eigenvalue weighted by Gasteiger charge is 2.37. The summed E-state index contributed by atoms with van der Waals surface area (Å²) in [7, 11) is 0. The van der Waals surface area contributed by atoms with Gasteiger partial charge in [-0.2, -0.15) is 26.3 Å². The lowest BCUT2D eigenvalue weighted by Gasteiger charge is -2.13. The van der Waals surface area contributed by atoms with Crippen LogP contribution in [0.15, 0.2) is 34.6 Å². The molecule has 2 amide bonds. The Bertz CT molecular complexity index is 1220. The first-order valence-electron chi connectivity index (χ1n) is 9.77. The summed E-state index contributed by atoms with van der Waals surface area (Å²) in [4.78, 5) is 36.5. The topological polar surface area (TPSA) is 86.7 Å². The number of amides is 2. The number of nitrogens with zero attached hydrogens (tertiary/aromatic N) is 1. The van der Waals surface area contributed by atoms with Crippen molar-refractivity contribution >= 4 is 63.5 Å². The van der Waals surface area contributed by atoms with E-state index in [2.05, 4.69) is 5.32 Å². The van der Waals surface area contributed by atoms with E-state index in [0.717, 1.165) is 28.0 Å². The van der Waals surface area contributed by atoms with Gasteiger partial charge in [0.1, 0.15) is 10.9 Å². The highest BCUT2D eigenvalue weighted by Crippen LogP contribution is 2.40. The summed E-state index contributed by atoms with van der Waals surface area (Å²) >= 11 is 7.06. The van der Waals surface area contributed by atoms with Crippen molar-refractivity contribution in [2.24, 2.45) is 0 Å². The minimum Gasteiger partial charge on any atom is -0.480 e. The molecule has 192 valence electrons. The Hall–Kier alpha value is -2.91. The first kappa shape index (κ1) is 27.7. The van der Waals surface area contributed by atoms with Gasteiger partial charge in [-0.15, -0.1) is 11.3 Å². The molecule has 2 heterocycles. The molecule has 1 aromatic carbocycles. The third-order valence-corrected chi connectivity index (χ3v) is 6.94. The number of benzene rings is 1. The number of thiocarbonyl (C=S) groups is 1. The lowest BCUT2D eigenvalue weighted by atomic mass is 10.0. The van der Waals surface area contributed by atoms with E-state index in [9.17, 15) is 40.7 Å². The van der Waals surface area contributed by atoms with E-state index < -0.39 is 47.8 Å². The van der Waals surface area contributed by atoms with Crippen molar-refractivity contribution in [3.8, 4) is 11.1 Å². The van der Waals surface area contributed by atoms with Gasteiger partial charge in [-0.25, -0.2) is 0 Å². The number of alkyl halides is 6. The second-order valence-electron chi connectivity index (χ2n) is 7.29. The maximum Gasteiger partial charge on any atom is 0.416 e. The minimum atomic E-state index is -4.98. The Kier molecular flexibility index (Phi) is 8.15. The van der Waals surface area contributed by atoms with Crippen LogP contribution in [0.25, 0.3) is 17.2 Å². The number of nitrogens with one attached hydrogen (secondary N) is 1. The molecule has 1 saturated heterocycles. The van der Waals surface area contributed by atoms with E-state index in [1.165, 1.54) is 17.5 Å². The predicted molar refractivity (Wildman–Crippen MR) is 125 cm³/mol. The standard InChI is InChI=1S/C21H14F6N2O4S3/c22-20(23,24)12-3-10(4-13(6-12)21(25,26)27)11-5-14(35-9-11)7-15-18(33)29(19(34)36-15)2-1-16(30)28-8-17(31)32/h3-7,9H,1-2,8H2,(H,28,30)(H,31,32)/b15-7-. The van der Waals surface area contributed by atoms with E-state index in [-0.39, 0.29) is 39.4 Å². The van der Waals surface area contributed by atoms with Gasteiger partial charge in [0.15, 0.2) is 0 Å². The van der Waals surface area contributed by atoms with E-state index in [4.69, 9.17) is 17.3 Å². The molecule has 3 rings (SSSR count). The Morgan fingerprint density at radius 1 is 1.03 bits per heavy atom. The average Bonchev–Trinajstić information content (AvgIpc) is 3.34. The third-order valence-electron chi connectivity index (χ3n) is 4.69. The molecule has 2 N–H and O–H groups in total. The van der Waals surface area contributed by atoms with Crippen molar-refractivity contribution in [1.29, 1.82) is 0 Å². The molecule has 2 aromatic rings. The van der Waals surface area contributed by atoms with E-state index in [1.54, 1.807) is 0 Å². The van der Waals surface area contributed by atoms with Crippen LogP contribution in [0, 0.1) is 0 Å². The van der Waals surface area contributed by atoms with Crippen LogP contribution in [0.2, 0.25) is 0 Å². The second kappa shape index (κ2) is 10.6. The Labute approximate surface area is 213 Å². The van der Waals surface area contributed by atoms with Crippen LogP contribution >= 0.6 is 35.3 Å². The Balaban J connectivity index is 1.79. The van der Waals surface area contributed by atoms with Crippen LogP contribution in [0.1, 0.15) is 22.4 Å². The van der Waals surface area contributed by atoms with Gasteiger partial charge in [0, 0.05) is 17.8 Å². The van der Waals surface area contributed by atoms with Gasteiger partial charge < -0.3 is 10.4 Å². The highest BCUT2D eigenvalue weighted by atomic mass is 32.2. The number of carboxylic acids is 1. The van der Waals surface area contributed by atoms with Gasteiger partial charge >= 0.3 is 18.3 Å². The second-order valence-corrected chi connectivity index (χ2v) is 9.90. The molecular formula is C21H14F6N2O4S3. The zero-order chi connectivity index (χ0) is 26.8.